The number of aromatic nitrogens is 1. The zero-order chi connectivity index (χ0) is 13.2. The summed E-state index contributed by atoms with van der Waals surface area (Å²) < 4.78 is 0. The number of para-hydroxylation sites is 1. The lowest BCUT2D eigenvalue weighted by Crippen LogP contribution is -2.20. The molecule has 1 atom stereocenters. The van der Waals surface area contributed by atoms with Crippen molar-refractivity contribution in [3.8, 4) is 0 Å². The maximum absolute atomic E-state index is 12.3. The number of rotatable bonds is 3. The molecule has 0 amide bonds. The van der Waals surface area contributed by atoms with E-state index in [0.29, 0.717) is 5.56 Å². The summed E-state index contributed by atoms with van der Waals surface area (Å²) in [5.74, 6) is -0.0966. The van der Waals surface area contributed by atoms with E-state index >= 15 is 0 Å². The van der Waals surface area contributed by atoms with Gasteiger partial charge in [0, 0.05) is 22.0 Å². The Morgan fingerprint density at radius 2 is 2.05 bits per heavy atom. The second kappa shape index (κ2) is 4.91. The van der Waals surface area contributed by atoms with Gasteiger partial charge in [0.2, 0.25) is 0 Å². The van der Waals surface area contributed by atoms with E-state index < -0.39 is 6.04 Å². The topological polar surface area (TPSA) is 56.0 Å². The number of carbonyl (C=O) groups excluding carboxylic acids is 1. The summed E-state index contributed by atoms with van der Waals surface area (Å²) in [5.41, 5.74) is 7.43. The van der Waals surface area contributed by atoms with Crippen molar-refractivity contribution in [2.75, 3.05) is 0 Å². The molecule has 0 spiro atoms. The average molecular weight is 268 g/mol. The van der Waals surface area contributed by atoms with Crippen molar-refractivity contribution in [2.45, 2.75) is 6.04 Å². The molecule has 19 heavy (non-hydrogen) atoms. The summed E-state index contributed by atoms with van der Waals surface area (Å²) in [4.78, 5) is 17.5. The van der Waals surface area contributed by atoms with E-state index in [1.165, 1.54) is 11.3 Å². The number of ketones is 1. The summed E-state index contributed by atoms with van der Waals surface area (Å²) in [6, 6.07) is 12.7. The minimum absolute atomic E-state index is 0.0966. The lowest BCUT2D eigenvalue weighted by molar-refractivity contribution is 0.0962. The van der Waals surface area contributed by atoms with E-state index in [4.69, 9.17) is 5.73 Å². The molecule has 0 saturated carbocycles. The van der Waals surface area contributed by atoms with Crippen LogP contribution in [0.2, 0.25) is 0 Å². The Balaban J connectivity index is 1.97. The molecule has 4 heteroatoms. The number of fused-ring (bicyclic) bond motifs is 1. The quantitative estimate of drug-likeness (QED) is 0.742. The molecular formula is C15H12N2OS. The van der Waals surface area contributed by atoms with Gasteiger partial charge in [-0.2, -0.15) is 0 Å². The van der Waals surface area contributed by atoms with Crippen LogP contribution in [0.3, 0.4) is 0 Å². The van der Waals surface area contributed by atoms with Gasteiger partial charge in [-0.05, 0) is 23.6 Å². The molecule has 94 valence electrons. The molecule has 0 aliphatic carbocycles. The number of thiophene rings is 1. The van der Waals surface area contributed by atoms with Gasteiger partial charge in [0.1, 0.15) is 6.04 Å². The second-order valence-corrected chi connectivity index (χ2v) is 5.25. The van der Waals surface area contributed by atoms with Crippen molar-refractivity contribution in [3.63, 3.8) is 0 Å². The molecule has 3 rings (SSSR count). The molecule has 3 aromatic rings. The van der Waals surface area contributed by atoms with Gasteiger partial charge in [-0.1, -0.05) is 24.3 Å². The zero-order valence-electron chi connectivity index (χ0n) is 10.1. The summed E-state index contributed by atoms with van der Waals surface area (Å²) in [6.45, 7) is 0. The van der Waals surface area contributed by atoms with Gasteiger partial charge < -0.3 is 5.73 Å². The predicted molar refractivity (Wildman–Crippen MR) is 77.3 cm³/mol. The first-order valence-electron chi connectivity index (χ1n) is 5.94. The number of benzene rings is 1. The molecular weight excluding hydrogens is 256 g/mol. The Morgan fingerprint density at radius 1 is 1.21 bits per heavy atom. The number of Topliss-reactive ketones (excluding diaryl/α,β-unsaturated/α-hetero) is 1. The van der Waals surface area contributed by atoms with E-state index in [0.717, 1.165) is 15.8 Å². The first-order valence-corrected chi connectivity index (χ1v) is 6.81. The van der Waals surface area contributed by atoms with Crippen LogP contribution in [0.4, 0.5) is 0 Å². The van der Waals surface area contributed by atoms with Crippen LogP contribution in [0.1, 0.15) is 21.3 Å². The molecule has 3 nitrogen and oxygen atoms in total. The van der Waals surface area contributed by atoms with E-state index in [-0.39, 0.29) is 5.78 Å². The van der Waals surface area contributed by atoms with Crippen LogP contribution in [-0.4, -0.2) is 10.8 Å². The molecule has 0 saturated heterocycles. The predicted octanol–water partition coefficient (Wildman–Crippen LogP) is 3.18. The average Bonchev–Trinajstić information content (AvgIpc) is 2.99. The lowest BCUT2D eigenvalue weighted by Gasteiger charge is -2.08. The first-order chi connectivity index (χ1) is 9.25. The molecule has 0 aliphatic heterocycles. The zero-order valence-corrected chi connectivity index (χ0v) is 10.9. The van der Waals surface area contributed by atoms with Crippen molar-refractivity contribution in [3.05, 3.63) is 64.5 Å². The van der Waals surface area contributed by atoms with Crippen LogP contribution in [0.5, 0.6) is 0 Å². The molecule has 2 aromatic heterocycles. The third-order valence-corrected chi connectivity index (χ3v) is 3.96. The van der Waals surface area contributed by atoms with Gasteiger partial charge in [-0.3, -0.25) is 9.78 Å². The Kier molecular flexibility index (Phi) is 3.11. The van der Waals surface area contributed by atoms with Crippen molar-refractivity contribution in [1.82, 2.24) is 4.98 Å². The van der Waals surface area contributed by atoms with Gasteiger partial charge in [-0.15, -0.1) is 11.3 Å². The highest BCUT2D eigenvalue weighted by Gasteiger charge is 2.19. The van der Waals surface area contributed by atoms with Crippen molar-refractivity contribution < 1.29 is 4.79 Å². The molecule has 0 bridgehead atoms. The Bertz CT molecular complexity index is 722. The molecule has 2 N–H and O–H groups in total. The van der Waals surface area contributed by atoms with Gasteiger partial charge >= 0.3 is 0 Å². The van der Waals surface area contributed by atoms with Crippen molar-refractivity contribution in [2.24, 2.45) is 5.73 Å². The van der Waals surface area contributed by atoms with Crippen LogP contribution in [0.25, 0.3) is 10.9 Å². The van der Waals surface area contributed by atoms with Gasteiger partial charge in [-0.25, -0.2) is 0 Å². The normalized spacial score (nSPS) is 12.5. The van der Waals surface area contributed by atoms with Crippen LogP contribution >= 0.6 is 11.3 Å². The highest BCUT2D eigenvalue weighted by Crippen LogP contribution is 2.22. The fourth-order valence-corrected chi connectivity index (χ4v) is 2.71. The molecule has 0 aliphatic rings. The standard InChI is InChI=1S/C15H12N2OS/c16-14(13-6-3-7-19-13)15(18)11-8-10-4-1-2-5-12(10)17-9-11/h1-9,14H,16H2. The summed E-state index contributed by atoms with van der Waals surface area (Å²) in [7, 11) is 0. The molecule has 1 unspecified atom stereocenters. The van der Waals surface area contributed by atoms with Gasteiger partial charge in [0.05, 0.1) is 5.52 Å². The minimum Gasteiger partial charge on any atom is -0.317 e. The number of pyridine rings is 1. The van der Waals surface area contributed by atoms with E-state index in [1.54, 1.807) is 6.20 Å². The maximum atomic E-state index is 12.3. The van der Waals surface area contributed by atoms with Crippen LogP contribution in [0.15, 0.2) is 54.0 Å². The summed E-state index contributed by atoms with van der Waals surface area (Å²) >= 11 is 1.49. The Morgan fingerprint density at radius 3 is 2.84 bits per heavy atom. The number of hydrogen-bond acceptors (Lipinski definition) is 4. The SMILES string of the molecule is NC(C(=O)c1cnc2ccccc2c1)c1cccs1. The van der Waals surface area contributed by atoms with E-state index in [9.17, 15) is 4.79 Å². The van der Waals surface area contributed by atoms with Gasteiger partial charge in [0.15, 0.2) is 5.78 Å². The van der Waals surface area contributed by atoms with Crippen LogP contribution in [0, 0.1) is 0 Å². The Hall–Kier alpha value is -2.04. The maximum Gasteiger partial charge on any atom is 0.186 e. The monoisotopic (exact) mass is 268 g/mol. The molecule has 1 aromatic carbocycles. The lowest BCUT2D eigenvalue weighted by atomic mass is 10.0. The summed E-state index contributed by atoms with van der Waals surface area (Å²) in [5, 5.41) is 2.87. The number of nitrogens with two attached hydrogens (primary N) is 1. The third kappa shape index (κ3) is 2.28. The number of carbonyl (C=O) groups is 1. The smallest absolute Gasteiger partial charge is 0.186 e. The minimum atomic E-state index is -0.608. The third-order valence-electron chi connectivity index (χ3n) is 3.01. The van der Waals surface area contributed by atoms with E-state index in [1.807, 2.05) is 47.8 Å². The highest BCUT2D eigenvalue weighted by atomic mass is 32.1. The fraction of sp³-hybridized carbons (Fsp3) is 0.0667. The van der Waals surface area contributed by atoms with Crippen molar-refractivity contribution in [1.29, 1.82) is 0 Å². The molecule has 2 heterocycles. The number of hydrogen-bond donors (Lipinski definition) is 1. The molecule has 0 fully saturated rings. The first kappa shape index (κ1) is 12.0. The summed E-state index contributed by atoms with van der Waals surface area (Å²) in [6.07, 6.45) is 1.60. The van der Waals surface area contributed by atoms with Crippen molar-refractivity contribution >= 4 is 28.0 Å². The number of nitrogens with zero attached hydrogens (tertiary/aromatic N) is 1. The largest absolute Gasteiger partial charge is 0.317 e. The highest BCUT2D eigenvalue weighted by molar-refractivity contribution is 7.10. The van der Waals surface area contributed by atoms with Crippen LogP contribution < -0.4 is 5.73 Å². The molecule has 0 radical (unpaired) electrons. The second-order valence-electron chi connectivity index (χ2n) is 4.27. The Labute approximate surface area is 114 Å². The fourth-order valence-electron chi connectivity index (χ4n) is 1.98. The van der Waals surface area contributed by atoms with Crippen LogP contribution in [-0.2, 0) is 0 Å². The van der Waals surface area contributed by atoms with E-state index in [2.05, 4.69) is 4.98 Å². The van der Waals surface area contributed by atoms with Gasteiger partial charge in [0.25, 0.3) is 0 Å².